The molecule has 66 valence electrons. The van der Waals surface area contributed by atoms with E-state index >= 15 is 0 Å². The van der Waals surface area contributed by atoms with E-state index in [1.54, 1.807) is 0 Å². The number of halogens is 3. The Bertz CT molecular complexity index is 350. The van der Waals surface area contributed by atoms with E-state index in [1.165, 1.54) is 0 Å². The highest BCUT2D eigenvalue weighted by atomic mass is 79.9. The normalized spacial score (nSPS) is 10.7. The van der Waals surface area contributed by atoms with E-state index in [4.69, 9.17) is 5.11 Å². The third-order valence-corrected chi connectivity index (χ3v) is 1.88. The first kappa shape index (κ1) is 9.18. The first-order valence-electron chi connectivity index (χ1n) is 2.92. The minimum Gasteiger partial charge on any atom is -0.502 e. The van der Waals surface area contributed by atoms with Gasteiger partial charge in [-0.2, -0.15) is 0 Å². The average molecular weight is 240 g/mol. The molecule has 0 aliphatic rings. The van der Waals surface area contributed by atoms with Crippen molar-refractivity contribution in [2.45, 2.75) is 6.43 Å². The Balaban J connectivity index is 3.37. The van der Waals surface area contributed by atoms with Crippen LogP contribution in [0.1, 0.15) is 12.0 Å². The Morgan fingerprint density at radius 1 is 1.58 bits per heavy atom. The van der Waals surface area contributed by atoms with Crippen molar-refractivity contribution in [1.82, 2.24) is 4.98 Å². The van der Waals surface area contributed by atoms with Crippen molar-refractivity contribution in [3.63, 3.8) is 0 Å². The average Bonchev–Trinajstić information content (AvgIpc) is 2.00. The van der Waals surface area contributed by atoms with Gasteiger partial charge in [0.1, 0.15) is 4.60 Å². The number of nitrogens with one attached hydrogen (secondary N) is 1. The molecule has 1 heterocycles. The Hall–Kier alpha value is -0.910. The van der Waals surface area contributed by atoms with Crippen LogP contribution in [0.25, 0.3) is 0 Å². The van der Waals surface area contributed by atoms with Crippen LogP contribution in [0.4, 0.5) is 8.78 Å². The number of rotatable bonds is 1. The maximum atomic E-state index is 12.0. The molecule has 1 aromatic heterocycles. The van der Waals surface area contributed by atoms with Crippen LogP contribution in [0, 0.1) is 0 Å². The largest absolute Gasteiger partial charge is 0.502 e. The Morgan fingerprint density at radius 3 is 2.67 bits per heavy atom. The van der Waals surface area contributed by atoms with Crippen molar-refractivity contribution in [2.75, 3.05) is 0 Å². The molecule has 0 spiro atoms. The summed E-state index contributed by atoms with van der Waals surface area (Å²) in [5.74, 6) is -0.729. The molecule has 0 unspecified atom stereocenters. The minimum absolute atomic E-state index is 0.00287. The maximum Gasteiger partial charge on any atom is 0.269 e. The van der Waals surface area contributed by atoms with Gasteiger partial charge in [-0.25, -0.2) is 8.78 Å². The van der Waals surface area contributed by atoms with Crippen LogP contribution in [0.2, 0.25) is 0 Å². The Kier molecular flexibility index (Phi) is 2.46. The number of H-pyrrole nitrogens is 1. The van der Waals surface area contributed by atoms with Crippen molar-refractivity contribution in [3.05, 3.63) is 26.6 Å². The van der Waals surface area contributed by atoms with Gasteiger partial charge in [-0.15, -0.1) is 0 Å². The number of hydrogen-bond donors (Lipinski definition) is 2. The van der Waals surface area contributed by atoms with E-state index in [0.29, 0.717) is 0 Å². The molecule has 0 radical (unpaired) electrons. The summed E-state index contributed by atoms with van der Waals surface area (Å²) in [4.78, 5) is 13.1. The molecular formula is C6H4BrF2NO2. The first-order chi connectivity index (χ1) is 5.54. The van der Waals surface area contributed by atoms with Crippen LogP contribution >= 0.6 is 15.9 Å². The van der Waals surface area contributed by atoms with E-state index in [1.807, 2.05) is 0 Å². The van der Waals surface area contributed by atoms with Crippen molar-refractivity contribution < 1.29 is 13.9 Å². The molecule has 0 saturated carbocycles. The van der Waals surface area contributed by atoms with Crippen LogP contribution in [0.3, 0.4) is 0 Å². The van der Waals surface area contributed by atoms with Crippen LogP contribution in [0.5, 0.6) is 5.75 Å². The predicted octanol–water partition coefficient (Wildman–Crippen LogP) is 1.78. The van der Waals surface area contributed by atoms with Crippen LogP contribution in [0.15, 0.2) is 15.6 Å². The molecule has 0 amide bonds. The van der Waals surface area contributed by atoms with Crippen molar-refractivity contribution in [2.24, 2.45) is 0 Å². The lowest BCUT2D eigenvalue weighted by Gasteiger charge is -2.00. The van der Waals surface area contributed by atoms with Gasteiger partial charge in [-0.1, -0.05) is 0 Å². The SMILES string of the molecule is O=c1c(C(F)F)c[nH]c(Br)c1O. The van der Waals surface area contributed by atoms with Crippen LogP contribution in [-0.4, -0.2) is 10.1 Å². The lowest BCUT2D eigenvalue weighted by Crippen LogP contribution is -2.09. The molecule has 0 aromatic carbocycles. The standard InChI is InChI=1S/C6H4BrF2NO2/c7-5-4(12)3(11)2(1-10-5)6(8)9/h1,6,12H,(H,10,11). The molecule has 0 atom stereocenters. The van der Waals surface area contributed by atoms with Gasteiger partial charge < -0.3 is 10.1 Å². The fourth-order valence-corrected chi connectivity index (χ4v) is 0.968. The third kappa shape index (κ3) is 1.47. The van der Waals surface area contributed by atoms with E-state index < -0.39 is 23.2 Å². The number of aromatic amines is 1. The summed E-state index contributed by atoms with van der Waals surface area (Å²) >= 11 is 2.78. The van der Waals surface area contributed by atoms with E-state index in [2.05, 4.69) is 20.9 Å². The molecule has 2 N–H and O–H groups in total. The zero-order valence-electron chi connectivity index (χ0n) is 5.64. The molecule has 0 bridgehead atoms. The second-order valence-corrected chi connectivity index (χ2v) is 2.83. The number of pyridine rings is 1. The van der Waals surface area contributed by atoms with Crippen LogP contribution in [-0.2, 0) is 0 Å². The number of aromatic nitrogens is 1. The smallest absolute Gasteiger partial charge is 0.269 e. The molecule has 0 aliphatic heterocycles. The number of alkyl halides is 2. The van der Waals surface area contributed by atoms with Gasteiger partial charge in [0, 0.05) is 6.20 Å². The molecule has 1 rings (SSSR count). The number of aromatic hydroxyl groups is 1. The Labute approximate surface area is 74.2 Å². The van der Waals surface area contributed by atoms with Gasteiger partial charge >= 0.3 is 0 Å². The zero-order chi connectivity index (χ0) is 9.30. The zero-order valence-corrected chi connectivity index (χ0v) is 7.23. The van der Waals surface area contributed by atoms with Gasteiger partial charge in [-0.3, -0.25) is 4.79 Å². The Morgan fingerprint density at radius 2 is 2.17 bits per heavy atom. The second kappa shape index (κ2) is 3.22. The topological polar surface area (TPSA) is 53.1 Å². The van der Waals surface area contributed by atoms with Crippen LogP contribution < -0.4 is 5.43 Å². The summed E-state index contributed by atoms with van der Waals surface area (Å²) in [5, 5.41) is 8.91. The summed E-state index contributed by atoms with van der Waals surface area (Å²) in [7, 11) is 0. The third-order valence-electron chi connectivity index (χ3n) is 1.27. The summed E-state index contributed by atoms with van der Waals surface area (Å²) < 4.78 is 24.0. The first-order valence-corrected chi connectivity index (χ1v) is 3.71. The highest BCUT2D eigenvalue weighted by Crippen LogP contribution is 2.20. The lowest BCUT2D eigenvalue weighted by atomic mass is 10.3. The van der Waals surface area contributed by atoms with Gasteiger partial charge in [0.15, 0.2) is 5.75 Å². The quantitative estimate of drug-likeness (QED) is 0.735. The van der Waals surface area contributed by atoms with Gasteiger partial charge in [0.25, 0.3) is 6.43 Å². The van der Waals surface area contributed by atoms with Gasteiger partial charge in [0.05, 0.1) is 5.56 Å². The highest BCUT2D eigenvalue weighted by molar-refractivity contribution is 9.10. The summed E-state index contributed by atoms with van der Waals surface area (Å²) in [6.07, 6.45) is -2.02. The number of hydrogen-bond acceptors (Lipinski definition) is 2. The summed E-state index contributed by atoms with van der Waals surface area (Å²) in [6.45, 7) is 0. The van der Waals surface area contributed by atoms with E-state index in [0.717, 1.165) is 6.20 Å². The highest BCUT2D eigenvalue weighted by Gasteiger charge is 2.15. The van der Waals surface area contributed by atoms with E-state index in [-0.39, 0.29) is 4.60 Å². The molecule has 12 heavy (non-hydrogen) atoms. The lowest BCUT2D eigenvalue weighted by molar-refractivity contribution is 0.149. The summed E-state index contributed by atoms with van der Waals surface area (Å²) in [5.41, 5.74) is -1.80. The molecule has 1 aromatic rings. The van der Waals surface area contributed by atoms with Gasteiger partial charge in [-0.05, 0) is 15.9 Å². The monoisotopic (exact) mass is 239 g/mol. The second-order valence-electron chi connectivity index (χ2n) is 2.04. The fraction of sp³-hybridized carbons (Fsp3) is 0.167. The minimum atomic E-state index is -2.88. The van der Waals surface area contributed by atoms with Crippen molar-refractivity contribution in [1.29, 1.82) is 0 Å². The molecule has 0 aliphatic carbocycles. The molecular weight excluding hydrogens is 236 g/mol. The predicted molar refractivity (Wildman–Crippen MR) is 41.4 cm³/mol. The molecule has 3 nitrogen and oxygen atoms in total. The molecule has 6 heteroatoms. The van der Waals surface area contributed by atoms with Gasteiger partial charge in [0.2, 0.25) is 5.43 Å². The van der Waals surface area contributed by atoms with E-state index in [9.17, 15) is 13.6 Å². The fourth-order valence-electron chi connectivity index (χ4n) is 0.674. The molecule has 0 fully saturated rings. The summed E-state index contributed by atoms with van der Waals surface area (Å²) in [6, 6.07) is 0. The van der Waals surface area contributed by atoms with Crippen molar-refractivity contribution >= 4 is 15.9 Å². The van der Waals surface area contributed by atoms with Crippen molar-refractivity contribution in [3.8, 4) is 5.75 Å². The molecule has 0 saturated heterocycles. The maximum absolute atomic E-state index is 12.0.